The summed E-state index contributed by atoms with van der Waals surface area (Å²) >= 11 is 3.24. The molecule has 4 heteroatoms. The highest BCUT2D eigenvalue weighted by molar-refractivity contribution is 9.10. The van der Waals surface area contributed by atoms with E-state index in [-0.39, 0.29) is 0 Å². The van der Waals surface area contributed by atoms with Crippen molar-refractivity contribution in [3.05, 3.63) is 40.2 Å². The van der Waals surface area contributed by atoms with Crippen LogP contribution in [0.3, 0.4) is 0 Å². The zero-order valence-corrected chi connectivity index (χ0v) is 9.47. The van der Waals surface area contributed by atoms with Crippen LogP contribution in [0.4, 0.5) is 0 Å². The van der Waals surface area contributed by atoms with Crippen LogP contribution in [0.15, 0.2) is 45.1 Å². The summed E-state index contributed by atoms with van der Waals surface area (Å²) in [4.78, 5) is 0.314. The number of sulfone groups is 1. The van der Waals surface area contributed by atoms with Crippen molar-refractivity contribution in [2.24, 2.45) is 0 Å². The van der Waals surface area contributed by atoms with Crippen molar-refractivity contribution in [1.82, 2.24) is 0 Å². The first-order valence-electron chi connectivity index (χ1n) is 3.69. The Balaban J connectivity index is 3.17. The Labute approximate surface area is 86.3 Å². The van der Waals surface area contributed by atoms with Crippen molar-refractivity contribution in [3.8, 4) is 0 Å². The van der Waals surface area contributed by atoms with Crippen molar-refractivity contribution in [2.75, 3.05) is 0 Å². The van der Waals surface area contributed by atoms with Gasteiger partial charge in [-0.3, -0.25) is 0 Å². The van der Waals surface area contributed by atoms with E-state index in [1.165, 1.54) is 11.5 Å². The number of hydrogen-bond donors (Lipinski definition) is 0. The summed E-state index contributed by atoms with van der Waals surface area (Å²) in [6.07, 6.45) is 1.51. The lowest BCUT2D eigenvalue weighted by Gasteiger charge is -1.97. The Morgan fingerprint density at radius 3 is 2.23 bits per heavy atom. The number of halogens is 1. The standard InChI is InChI=1S/C9H9BrO2S/c1-2-7-13(11,12)9-5-3-8(10)4-6-9/h2-7H,1H3. The van der Waals surface area contributed by atoms with E-state index in [1.807, 2.05) is 0 Å². The molecule has 1 aromatic rings. The summed E-state index contributed by atoms with van der Waals surface area (Å²) in [5, 5.41) is 1.19. The molecule has 0 saturated heterocycles. The summed E-state index contributed by atoms with van der Waals surface area (Å²) in [6, 6.07) is 6.55. The van der Waals surface area contributed by atoms with Gasteiger partial charge in [-0.25, -0.2) is 8.42 Å². The monoisotopic (exact) mass is 260 g/mol. The highest BCUT2D eigenvalue weighted by atomic mass is 79.9. The molecule has 0 radical (unpaired) electrons. The molecule has 0 aliphatic rings. The first kappa shape index (κ1) is 10.5. The van der Waals surface area contributed by atoms with Crippen LogP contribution >= 0.6 is 15.9 Å². The molecule has 0 amide bonds. The first-order chi connectivity index (χ1) is 6.06. The molecular formula is C9H9BrO2S. The van der Waals surface area contributed by atoms with Crippen LogP contribution in [0, 0.1) is 0 Å². The molecule has 0 aliphatic carbocycles. The van der Waals surface area contributed by atoms with Crippen LogP contribution in [0.2, 0.25) is 0 Å². The second-order valence-electron chi connectivity index (χ2n) is 2.47. The smallest absolute Gasteiger partial charge is 0.199 e. The highest BCUT2D eigenvalue weighted by Gasteiger charge is 2.08. The summed E-state index contributed by atoms with van der Waals surface area (Å²) in [6.45, 7) is 1.68. The van der Waals surface area contributed by atoms with Crippen molar-refractivity contribution >= 4 is 25.8 Å². The van der Waals surface area contributed by atoms with Crippen molar-refractivity contribution in [3.63, 3.8) is 0 Å². The van der Waals surface area contributed by atoms with Crippen LogP contribution < -0.4 is 0 Å². The zero-order chi connectivity index (χ0) is 9.90. The van der Waals surface area contributed by atoms with E-state index in [1.54, 1.807) is 31.2 Å². The Hall–Kier alpha value is -0.610. The summed E-state index contributed by atoms with van der Waals surface area (Å²) < 4.78 is 23.8. The topological polar surface area (TPSA) is 34.1 Å². The van der Waals surface area contributed by atoms with E-state index in [4.69, 9.17) is 0 Å². The predicted molar refractivity (Wildman–Crippen MR) is 56.1 cm³/mol. The van der Waals surface area contributed by atoms with Gasteiger partial charge in [-0.1, -0.05) is 22.0 Å². The van der Waals surface area contributed by atoms with Crippen LogP contribution in [-0.2, 0) is 9.84 Å². The van der Waals surface area contributed by atoms with Gasteiger partial charge in [0.15, 0.2) is 9.84 Å². The fraction of sp³-hybridized carbons (Fsp3) is 0.111. The molecule has 2 nitrogen and oxygen atoms in total. The molecule has 13 heavy (non-hydrogen) atoms. The molecule has 0 aliphatic heterocycles. The average Bonchev–Trinajstić information content (AvgIpc) is 2.05. The third kappa shape index (κ3) is 2.67. The quantitative estimate of drug-likeness (QED) is 0.820. The highest BCUT2D eigenvalue weighted by Crippen LogP contribution is 2.16. The van der Waals surface area contributed by atoms with Gasteiger partial charge in [0.1, 0.15) is 0 Å². The van der Waals surface area contributed by atoms with Gasteiger partial charge >= 0.3 is 0 Å². The molecule has 1 aromatic carbocycles. The second-order valence-corrected chi connectivity index (χ2v) is 5.22. The molecule has 1 rings (SSSR count). The third-order valence-electron chi connectivity index (χ3n) is 1.46. The molecule has 0 unspecified atom stereocenters. The van der Waals surface area contributed by atoms with E-state index < -0.39 is 9.84 Å². The van der Waals surface area contributed by atoms with Crippen LogP contribution in [0.1, 0.15) is 6.92 Å². The van der Waals surface area contributed by atoms with Gasteiger partial charge in [0, 0.05) is 9.88 Å². The molecule has 0 heterocycles. The van der Waals surface area contributed by atoms with E-state index in [9.17, 15) is 8.42 Å². The van der Waals surface area contributed by atoms with E-state index in [0.717, 1.165) is 4.47 Å². The minimum absolute atomic E-state index is 0.314. The molecule has 0 fully saturated rings. The number of rotatable bonds is 2. The lowest BCUT2D eigenvalue weighted by molar-refractivity contribution is 0.604. The molecular weight excluding hydrogens is 252 g/mol. The lowest BCUT2D eigenvalue weighted by Crippen LogP contribution is -1.94. The largest absolute Gasteiger partial charge is 0.219 e. The maximum atomic E-state index is 11.4. The van der Waals surface area contributed by atoms with Crippen LogP contribution in [0.25, 0.3) is 0 Å². The van der Waals surface area contributed by atoms with Crippen molar-refractivity contribution < 1.29 is 8.42 Å². The minimum atomic E-state index is -3.23. The summed E-state index contributed by atoms with van der Waals surface area (Å²) in [5.74, 6) is 0. The first-order valence-corrected chi connectivity index (χ1v) is 6.03. The summed E-state index contributed by atoms with van der Waals surface area (Å²) in [5.41, 5.74) is 0. The number of hydrogen-bond acceptors (Lipinski definition) is 2. The van der Waals surface area contributed by atoms with Crippen LogP contribution in [-0.4, -0.2) is 8.42 Å². The molecule has 0 atom stereocenters. The molecule has 70 valence electrons. The second kappa shape index (κ2) is 4.07. The molecule has 0 spiro atoms. The van der Waals surface area contributed by atoms with Gasteiger partial charge < -0.3 is 0 Å². The fourth-order valence-electron chi connectivity index (χ4n) is 0.882. The lowest BCUT2D eigenvalue weighted by atomic mass is 10.4. The Bertz CT molecular complexity index is 404. The van der Waals surface area contributed by atoms with E-state index >= 15 is 0 Å². The number of allylic oxidation sites excluding steroid dienone is 1. The molecule has 0 N–H and O–H groups in total. The molecule has 0 saturated carbocycles. The van der Waals surface area contributed by atoms with Gasteiger partial charge in [0.05, 0.1) is 4.90 Å². The van der Waals surface area contributed by atoms with Gasteiger partial charge in [0.2, 0.25) is 0 Å². The van der Waals surface area contributed by atoms with E-state index in [0.29, 0.717) is 4.90 Å². The van der Waals surface area contributed by atoms with Gasteiger partial charge in [-0.2, -0.15) is 0 Å². The van der Waals surface area contributed by atoms with Crippen LogP contribution in [0.5, 0.6) is 0 Å². The normalized spacial score (nSPS) is 12.2. The minimum Gasteiger partial charge on any atom is -0.219 e. The fourth-order valence-corrected chi connectivity index (χ4v) is 2.18. The Kier molecular flexibility index (Phi) is 3.27. The van der Waals surface area contributed by atoms with Gasteiger partial charge in [0.25, 0.3) is 0 Å². The Morgan fingerprint density at radius 2 is 1.77 bits per heavy atom. The maximum absolute atomic E-state index is 11.4. The SMILES string of the molecule is CC=CS(=O)(=O)c1ccc(Br)cc1. The van der Waals surface area contributed by atoms with E-state index in [2.05, 4.69) is 15.9 Å². The number of benzene rings is 1. The van der Waals surface area contributed by atoms with Gasteiger partial charge in [-0.15, -0.1) is 0 Å². The predicted octanol–water partition coefficient (Wildman–Crippen LogP) is 2.76. The summed E-state index contributed by atoms with van der Waals surface area (Å²) in [7, 11) is -3.23. The molecule has 0 aromatic heterocycles. The zero-order valence-electron chi connectivity index (χ0n) is 7.07. The Morgan fingerprint density at radius 1 is 1.23 bits per heavy atom. The maximum Gasteiger partial charge on any atom is 0.199 e. The van der Waals surface area contributed by atoms with Crippen molar-refractivity contribution in [2.45, 2.75) is 11.8 Å². The molecule has 0 bridgehead atoms. The third-order valence-corrected chi connectivity index (χ3v) is 3.55. The van der Waals surface area contributed by atoms with Crippen molar-refractivity contribution in [1.29, 1.82) is 0 Å². The average molecular weight is 261 g/mol. The van der Waals surface area contributed by atoms with Gasteiger partial charge in [-0.05, 0) is 31.2 Å².